The van der Waals surface area contributed by atoms with E-state index in [-0.39, 0.29) is 12.0 Å². The molecule has 1 heterocycles. The zero-order valence-electron chi connectivity index (χ0n) is 12.3. The molecule has 1 fully saturated rings. The van der Waals surface area contributed by atoms with Crippen molar-refractivity contribution >= 4 is 0 Å². The second-order valence-corrected chi connectivity index (χ2v) is 5.83. The molecule has 1 aliphatic rings. The van der Waals surface area contributed by atoms with E-state index in [2.05, 4.69) is 60.7 Å². The van der Waals surface area contributed by atoms with Gasteiger partial charge in [-0.05, 0) is 29.9 Å². The minimum atomic E-state index is 0.138. The molecule has 0 aromatic heterocycles. The molecule has 2 aromatic carbocycles. The van der Waals surface area contributed by atoms with Crippen LogP contribution in [0.4, 0.5) is 0 Å². The Labute approximate surface area is 126 Å². The van der Waals surface area contributed by atoms with Crippen molar-refractivity contribution in [3.8, 4) is 0 Å². The summed E-state index contributed by atoms with van der Waals surface area (Å²) in [4.78, 5) is 0. The van der Waals surface area contributed by atoms with E-state index < -0.39 is 0 Å². The lowest BCUT2D eigenvalue weighted by atomic mass is 9.77. The molecule has 0 amide bonds. The summed E-state index contributed by atoms with van der Waals surface area (Å²) >= 11 is 0. The summed E-state index contributed by atoms with van der Waals surface area (Å²) in [6.07, 6.45) is 2.13. The van der Waals surface area contributed by atoms with Gasteiger partial charge in [-0.3, -0.25) is 0 Å². The molecule has 2 N–H and O–H groups in total. The largest absolute Gasteiger partial charge is 0.381 e. The Hall–Kier alpha value is -1.64. The Morgan fingerprint density at radius 1 is 0.810 bits per heavy atom. The number of rotatable bonds is 4. The third kappa shape index (κ3) is 3.34. The van der Waals surface area contributed by atoms with E-state index in [0.29, 0.717) is 5.92 Å². The van der Waals surface area contributed by atoms with Crippen LogP contribution in [0.3, 0.4) is 0 Å². The van der Waals surface area contributed by atoms with Gasteiger partial charge in [-0.2, -0.15) is 0 Å². The molecule has 0 spiro atoms. The van der Waals surface area contributed by atoms with E-state index >= 15 is 0 Å². The highest BCUT2D eigenvalue weighted by molar-refractivity contribution is 5.34. The van der Waals surface area contributed by atoms with Crippen LogP contribution in [0.2, 0.25) is 0 Å². The summed E-state index contributed by atoms with van der Waals surface area (Å²) in [7, 11) is 0. The number of ether oxygens (including phenoxy) is 1. The summed E-state index contributed by atoms with van der Waals surface area (Å²) in [5, 5.41) is 0. The van der Waals surface area contributed by atoms with E-state index in [9.17, 15) is 0 Å². The number of nitrogens with two attached hydrogens (primary N) is 1. The van der Waals surface area contributed by atoms with Crippen molar-refractivity contribution in [2.75, 3.05) is 13.2 Å². The molecule has 2 heteroatoms. The van der Waals surface area contributed by atoms with Crippen molar-refractivity contribution in [3.05, 3.63) is 71.8 Å². The van der Waals surface area contributed by atoms with Gasteiger partial charge >= 0.3 is 0 Å². The number of hydrogen-bond acceptors (Lipinski definition) is 2. The summed E-state index contributed by atoms with van der Waals surface area (Å²) in [5.41, 5.74) is 9.32. The van der Waals surface area contributed by atoms with Gasteiger partial charge in [0, 0.05) is 25.2 Å². The molecule has 0 saturated carbocycles. The van der Waals surface area contributed by atoms with Crippen molar-refractivity contribution in [2.45, 2.75) is 24.8 Å². The van der Waals surface area contributed by atoms with Crippen LogP contribution in [0.25, 0.3) is 0 Å². The topological polar surface area (TPSA) is 35.2 Å². The summed E-state index contributed by atoms with van der Waals surface area (Å²) in [6, 6.07) is 21.4. The Bertz CT molecular complexity index is 495. The molecule has 3 rings (SSSR count). The number of hydrogen-bond donors (Lipinski definition) is 1. The van der Waals surface area contributed by atoms with E-state index in [4.69, 9.17) is 10.5 Å². The molecule has 2 nitrogen and oxygen atoms in total. The minimum absolute atomic E-state index is 0.138. The van der Waals surface area contributed by atoms with Gasteiger partial charge in [-0.25, -0.2) is 0 Å². The van der Waals surface area contributed by atoms with Gasteiger partial charge in [0.05, 0.1) is 0 Å². The standard InChI is InChI=1S/C19H23NO/c20-19(17-11-13-21-14-12-17)18(15-7-3-1-4-8-15)16-9-5-2-6-10-16/h1-10,17-19H,11-14,20H2. The lowest BCUT2D eigenvalue weighted by molar-refractivity contribution is 0.0567. The molecule has 1 unspecified atom stereocenters. The zero-order valence-corrected chi connectivity index (χ0v) is 12.3. The fraction of sp³-hybridized carbons (Fsp3) is 0.368. The van der Waals surface area contributed by atoms with Crippen molar-refractivity contribution in [1.82, 2.24) is 0 Å². The van der Waals surface area contributed by atoms with E-state index in [0.717, 1.165) is 26.1 Å². The average molecular weight is 281 g/mol. The van der Waals surface area contributed by atoms with Crippen molar-refractivity contribution in [2.24, 2.45) is 11.7 Å². The predicted molar refractivity (Wildman–Crippen MR) is 86.2 cm³/mol. The van der Waals surface area contributed by atoms with E-state index in [1.165, 1.54) is 11.1 Å². The summed E-state index contributed by atoms with van der Waals surface area (Å²) in [5.74, 6) is 0.791. The monoisotopic (exact) mass is 281 g/mol. The van der Waals surface area contributed by atoms with E-state index in [1.54, 1.807) is 0 Å². The van der Waals surface area contributed by atoms with E-state index in [1.807, 2.05) is 0 Å². The van der Waals surface area contributed by atoms with Crippen LogP contribution in [-0.2, 0) is 4.74 Å². The maximum absolute atomic E-state index is 6.70. The molecule has 1 atom stereocenters. The Kier molecular flexibility index (Phi) is 4.69. The first-order valence-electron chi connectivity index (χ1n) is 7.79. The quantitative estimate of drug-likeness (QED) is 0.930. The van der Waals surface area contributed by atoms with Crippen molar-refractivity contribution < 1.29 is 4.74 Å². The third-order valence-electron chi connectivity index (χ3n) is 4.51. The van der Waals surface area contributed by atoms with Gasteiger partial charge in [0.15, 0.2) is 0 Å². The third-order valence-corrected chi connectivity index (χ3v) is 4.51. The van der Waals surface area contributed by atoms with Crippen LogP contribution in [-0.4, -0.2) is 19.3 Å². The van der Waals surface area contributed by atoms with Gasteiger partial charge < -0.3 is 10.5 Å². The van der Waals surface area contributed by atoms with Crippen LogP contribution < -0.4 is 5.73 Å². The van der Waals surface area contributed by atoms with Crippen LogP contribution >= 0.6 is 0 Å². The van der Waals surface area contributed by atoms with Crippen molar-refractivity contribution in [1.29, 1.82) is 0 Å². The molecule has 1 saturated heterocycles. The lowest BCUT2D eigenvalue weighted by Crippen LogP contribution is -2.39. The SMILES string of the molecule is NC(C1CCOCC1)C(c1ccccc1)c1ccccc1. The summed E-state index contributed by atoms with van der Waals surface area (Å²) in [6.45, 7) is 1.68. The Morgan fingerprint density at radius 3 is 1.76 bits per heavy atom. The van der Waals surface area contributed by atoms with Crippen molar-refractivity contribution in [3.63, 3.8) is 0 Å². The van der Waals surface area contributed by atoms with Crippen LogP contribution in [0.1, 0.15) is 29.9 Å². The Morgan fingerprint density at radius 2 is 1.29 bits per heavy atom. The molecular formula is C19H23NO. The van der Waals surface area contributed by atoms with Gasteiger partial charge in [0.2, 0.25) is 0 Å². The normalized spacial score (nSPS) is 17.8. The maximum Gasteiger partial charge on any atom is 0.0469 e. The molecule has 2 aromatic rings. The predicted octanol–water partition coefficient (Wildman–Crippen LogP) is 3.57. The van der Waals surface area contributed by atoms with Gasteiger partial charge in [-0.1, -0.05) is 60.7 Å². The minimum Gasteiger partial charge on any atom is -0.381 e. The molecule has 110 valence electrons. The first-order valence-corrected chi connectivity index (χ1v) is 7.79. The molecule has 0 aliphatic carbocycles. The highest BCUT2D eigenvalue weighted by Gasteiger charge is 2.29. The molecule has 21 heavy (non-hydrogen) atoms. The second kappa shape index (κ2) is 6.88. The fourth-order valence-corrected chi connectivity index (χ4v) is 3.33. The summed E-state index contributed by atoms with van der Waals surface area (Å²) < 4.78 is 5.49. The zero-order chi connectivity index (χ0) is 14.5. The average Bonchev–Trinajstić information content (AvgIpc) is 2.58. The fourth-order valence-electron chi connectivity index (χ4n) is 3.33. The Balaban J connectivity index is 1.92. The van der Waals surface area contributed by atoms with Crippen LogP contribution in [0.5, 0.6) is 0 Å². The molecule has 0 radical (unpaired) electrons. The first-order chi connectivity index (χ1) is 10.4. The van der Waals surface area contributed by atoms with Gasteiger partial charge in [0.25, 0.3) is 0 Å². The molecular weight excluding hydrogens is 258 g/mol. The molecule has 1 aliphatic heterocycles. The van der Waals surface area contributed by atoms with Crippen LogP contribution in [0.15, 0.2) is 60.7 Å². The highest BCUT2D eigenvalue weighted by atomic mass is 16.5. The lowest BCUT2D eigenvalue weighted by Gasteiger charge is -2.34. The van der Waals surface area contributed by atoms with Crippen LogP contribution in [0, 0.1) is 5.92 Å². The first kappa shape index (κ1) is 14.3. The highest BCUT2D eigenvalue weighted by Crippen LogP contribution is 2.33. The maximum atomic E-state index is 6.70. The molecule has 0 bridgehead atoms. The second-order valence-electron chi connectivity index (χ2n) is 5.83. The van der Waals surface area contributed by atoms with Gasteiger partial charge in [0.1, 0.15) is 0 Å². The van der Waals surface area contributed by atoms with Gasteiger partial charge in [-0.15, -0.1) is 0 Å². The number of benzene rings is 2. The smallest absolute Gasteiger partial charge is 0.0469 e.